The topological polar surface area (TPSA) is 35.6 Å². The van der Waals surface area contributed by atoms with Gasteiger partial charge in [0, 0.05) is 43.0 Å². The van der Waals surface area contributed by atoms with Crippen LogP contribution in [-0.4, -0.2) is 49.6 Å². The largest absolute Gasteiger partial charge is 0.369 e. The highest BCUT2D eigenvalue weighted by Crippen LogP contribution is 2.17. The quantitative estimate of drug-likeness (QED) is 0.896. The molecule has 110 valence electrons. The minimum Gasteiger partial charge on any atom is -0.369 e. The molecule has 0 bridgehead atoms. The second-order valence-electron chi connectivity index (χ2n) is 6.54. The molecule has 1 aliphatic heterocycles. The van der Waals surface area contributed by atoms with Crippen molar-refractivity contribution < 1.29 is 4.79 Å². The van der Waals surface area contributed by atoms with Crippen molar-refractivity contribution in [2.24, 2.45) is 0 Å². The molecule has 1 aromatic carbocycles. The van der Waals surface area contributed by atoms with Crippen molar-refractivity contribution in [3.63, 3.8) is 0 Å². The Hall–Kier alpha value is -1.55. The van der Waals surface area contributed by atoms with Gasteiger partial charge in [-0.05, 0) is 52.1 Å². The lowest BCUT2D eigenvalue weighted by Crippen LogP contribution is -2.44. The molecule has 0 saturated carbocycles. The third-order valence-corrected chi connectivity index (χ3v) is 3.49. The molecular weight excluding hydrogens is 250 g/mol. The lowest BCUT2D eigenvalue weighted by molar-refractivity contribution is 0.0919. The average molecular weight is 275 g/mol. The van der Waals surface area contributed by atoms with E-state index in [4.69, 9.17) is 0 Å². The SMILES string of the molecule is CN1CCN(c2ccc(C(=O)NC(C)(C)C)cc2)CC1. The molecule has 1 aromatic rings. The van der Waals surface area contributed by atoms with Crippen molar-refractivity contribution >= 4 is 11.6 Å². The van der Waals surface area contributed by atoms with Crippen LogP contribution in [0, 0.1) is 0 Å². The standard InChI is InChI=1S/C16H25N3O/c1-16(2,3)17-15(20)13-5-7-14(8-6-13)19-11-9-18(4)10-12-19/h5-8H,9-12H2,1-4H3,(H,17,20). The predicted molar refractivity (Wildman–Crippen MR) is 83.4 cm³/mol. The summed E-state index contributed by atoms with van der Waals surface area (Å²) in [5, 5.41) is 2.98. The van der Waals surface area contributed by atoms with E-state index in [9.17, 15) is 4.79 Å². The highest BCUT2D eigenvalue weighted by molar-refractivity contribution is 5.94. The summed E-state index contributed by atoms with van der Waals surface area (Å²) in [4.78, 5) is 16.8. The minimum atomic E-state index is -0.201. The van der Waals surface area contributed by atoms with Gasteiger partial charge < -0.3 is 15.1 Å². The number of nitrogens with zero attached hydrogens (tertiary/aromatic N) is 2. The molecule has 2 rings (SSSR count). The van der Waals surface area contributed by atoms with Gasteiger partial charge in [-0.25, -0.2) is 0 Å². The smallest absolute Gasteiger partial charge is 0.251 e. The van der Waals surface area contributed by atoms with Gasteiger partial charge in [0.1, 0.15) is 0 Å². The highest BCUT2D eigenvalue weighted by Gasteiger charge is 2.17. The number of carbonyl (C=O) groups excluding carboxylic acids is 1. The number of rotatable bonds is 2. The molecule has 4 nitrogen and oxygen atoms in total. The Balaban J connectivity index is 2.01. The minimum absolute atomic E-state index is 0.0116. The lowest BCUT2D eigenvalue weighted by atomic mass is 10.1. The lowest BCUT2D eigenvalue weighted by Gasteiger charge is -2.34. The van der Waals surface area contributed by atoms with E-state index < -0.39 is 0 Å². The Bertz CT molecular complexity index is 454. The maximum absolute atomic E-state index is 12.1. The number of likely N-dealkylation sites (N-methyl/N-ethyl adjacent to an activating group) is 1. The first-order chi connectivity index (χ1) is 9.35. The zero-order valence-corrected chi connectivity index (χ0v) is 12.9. The fraction of sp³-hybridized carbons (Fsp3) is 0.562. The van der Waals surface area contributed by atoms with Crippen LogP contribution in [0.25, 0.3) is 0 Å². The van der Waals surface area contributed by atoms with E-state index in [2.05, 4.69) is 22.2 Å². The van der Waals surface area contributed by atoms with Gasteiger partial charge in [-0.1, -0.05) is 0 Å². The Morgan fingerprint density at radius 2 is 1.60 bits per heavy atom. The van der Waals surface area contributed by atoms with Gasteiger partial charge in [0.2, 0.25) is 0 Å². The van der Waals surface area contributed by atoms with E-state index in [-0.39, 0.29) is 11.4 Å². The summed E-state index contributed by atoms with van der Waals surface area (Å²) < 4.78 is 0. The van der Waals surface area contributed by atoms with Gasteiger partial charge in [-0.2, -0.15) is 0 Å². The van der Waals surface area contributed by atoms with Crippen molar-refractivity contribution in [3.8, 4) is 0 Å². The zero-order valence-electron chi connectivity index (χ0n) is 12.9. The number of nitrogens with one attached hydrogen (secondary N) is 1. The van der Waals surface area contributed by atoms with Crippen molar-refractivity contribution in [1.82, 2.24) is 10.2 Å². The van der Waals surface area contributed by atoms with E-state index in [1.807, 2.05) is 45.0 Å². The van der Waals surface area contributed by atoms with Gasteiger partial charge >= 0.3 is 0 Å². The number of carbonyl (C=O) groups is 1. The molecular formula is C16H25N3O. The van der Waals surface area contributed by atoms with Crippen LogP contribution in [0.4, 0.5) is 5.69 Å². The normalized spacial score (nSPS) is 17.1. The van der Waals surface area contributed by atoms with Crippen LogP contribution in [0.3, 0.4) is 0 Å². The Morgan fingerprint density at radius 3 is 2.10 bits per heavy atom. The van der Waals surface area contributed by atoms with Crippen molar-refractivity contribution in [1.29, 1.82) is 0 Å². The molecule has 0 aromatic heterocycles. The number of amides is 1. The first kappa shape index (κ1) is 14.9. The summed E-state index contributed by atoms with van der Waals surface area (Å²) in [5.74, 6) is -0.0116. The summed E-state index contributed by atoms with van der Waals surface area (Å²) in [7, 11) is 2.15. The number of hydrogen-bond donors (Lipinski definition) is 1. The van der Waals surface area contributed by atoms with Crippen LogP contribution in [0.2, 0.25) is 0 Å². The monoisotopic (exact) mass is 275 g/mol. The Morgan fingerprint density at radius 1 is 1.05 bits per heavy atom. The first-order valence-corrected chi connectivity index (χ1v) is 7.21. The molecule has 1 saturated heterocycles. The summed E-state index contributed by atoms with van der Waals surface area (Å²) >= 11 is 0. The van der Waals surface area contributed by atoms with Crippen molar-refractivity contribution in [3.05, 3.63) is 29.8 Å². The molecule has 0 unspecified atom stereocenters. The third kappa shape index (κ3) is 3.97. The predicted octanol–water partition coefficient (Wildman–Crippen LogP) is 1.97. The maximum Gasteiger partial charge on any atom is 0.251 e. The van der Waals surface area contributed by atoms with E-state index >= 15 is 0 Å². The van der Waals surface area contributed by atoms with Gasteiger partial charge in [0.05, 0.1) is 0 Å². The number of hydrogen-bond acceptors (Lipinski definition) is 3. The van der Waals surface area contributed by atoms with Crippen LogP contribution in [0.1, 0.15) is 31.1 Å². The summed E-state index contributed by atoms with van der Waals surface area (Å²) in [6.45, 7) is 10.2. The summed E-state index contributed by atoms with van der Waals surface area (Å²) in [5.41, 5.74) is 1.72. The van der Waals surface area contributed by atoms with Gasteiger partial charge in [-0.15, -0.1) is 0 Å². The van der Waals surface area contributed by atoms with Crippen LogP contribution >= 0.6 is 0 Å². The van der Waals surface area contributed by atoms with Gasteiger partial charge in [0.15, 0.2) is 0 Å². The summed E-state index contributed by atoms with van der Waals surface area (Å²) in [6.07, 6.45) is 0. The second-order valence-corrected chi connectivity index (χ2v) is 6.54. The number of piperazine rings is 1. The molecule has 1 heterocycles. The van der Waals surface area contributed by atoms with Gasteiger partial charge in [0.25, 0.3) is 5.91 Å². The van der Waals surface area contributed by atoms with Crippen LogP contribution < -0.4 is 10.2 Å². The number of benzene rings is 1. The Labute approximate surface area is 121 Å². The molecule has 1 N–H and O–H groups in total. The van der Waals surface area contributed by atoms with Crippen LogP contribution in [0.15, 0.2) is 24.3 Å². The Kier molecular flexibility index (Phi) is 4.33. The fourth-order valence-corrected chi connectivity index (χ4v) is 2.30. The zero-order chi connectivity index (χ0) is 14.8. The molecule has 0 atom stereocenters. The van der Waals surface area contributed by atoms with Crippen molar-refractivity contribution in [2.75, 3.05) is 38.1 Å². The highest BCUT2D eigenvalue weighted by atomic mass is 16.1. The molecule has 1 amide bonds. The molecule has 20 heavy (non-hydrogen) atoms. The van der Waals surface area contributed by atoms with Gasteiger partial charge in [-0.3, -0.25) is 4.79 Å². The maximum atomic E-state index is 12.1. The van der Waals surface area contributed by atoms with E-state index in [0.29, 0.717) is 0 Å². The molecule has 1 aliphatic rings. The molecule has 0 radical (unpaired) electrons. The van der Waals surface area contributed by atoms with E-state index in [0.717, 1.165) is 31.7 Å². The fourth-order valence-electron chi connectivity index (χ4n) is 2.30. The molecule has 0 spiro atoms. The third-order valence-electron chi connectivity index (χ3n) is 3.49. The molecule has 4 heteroatoms. The summed E-state index contributed by atoms with van der Waals surface area (Å²) in [6, 6.07) is 7.91. The van der Waals surface area contributed by atoms with E-state index in [1.165, 1.54) is 5.69 Å². The molecule has 1 fully saturated rings. The molecule has 0 aliphatic carbocycles. The first-order valence-electron chi connectivity index (χ1n) is 7.21. The van der Waals surface area contributed by atoms with E-state index in [1.54, 1.807) is 0 Å². The second kappa shape index (κ2) is 5.83. The van der Waals surface area contributed by atoms with Crippen molar-refractivity contribution in [2.45, 2.75) is 26.3 Å². The van der Waals surface area contributed by atoms with Crippen LogP contribution in [0.5, 0.6) is 0 Å². The number of anilines is 1. The van der Waals surface area contributed by atoms with Crippen LogP contribution in [-0.2, 0) is 0 Å². The average Bonchev–Trinajstić information content (AvgIpc) is 2.38.